The Morgan fingerprint density at radius 3 is 2.45 bits per heavy atom. The van der Waals surface area contributed by atoms with Gasteiger partial charge in [0.05, 0.1) is 22.4 Å². The topological polar surface area (TPSA) is 83.4 Å². The predicted octanol–water partition coefficient (Wildman–Crippen LogP) is 3.60. The quantitative estimate of drug-likeness (QED) is 0.544. The maximum absolute atomic E-state index is 12.9. The number of rotatable bonds is 8. The van der Waals surface area contributed by atoms with E-state index >= 15 is 0 Å². The number of amides is 2. The summed E-state index contributed by atoms with van der Waals surface area (Å²) in [5.41, 5.74) is 0.349. The van der Waals surface area contributed by atoms with Gasteiger partial charge in [0, 0.05) is 37.7 Å². The average molecular weight is 513 g/mol. The Kier molecular flexibility index (Phi) is 9.03. The number of halogens is 2. The summed E-state index contributed by atoms with van der Waals surface area (Å²) in [4.78, 5) is 29.7. The first kappa shape index (κ1) is 25.8. The summed E-state index contributed by atoms with van der Waals surface area (Å²) < 4.78 is 1.95. The predicted molar refractivity (Wildman–Crippen MR) is 132 cm³/mol. The number of benzene rings is 1. The number of thioether (sulfide) groups is 1. The van der Waals surface area contributed by atoms with Gasteiger partial charge < -0.3 is 19.7 Å². The molecule has 0 unspecified atom stereocenters. The van der Waals surface area contributed by atoms with Gasteiger partial charge in [0.15, 0.2) is 11.0 Å². The highest BCUT2D eigenvalue weighted by molar-refractivity contribution is 7.99. The smallest absolute Gasteiger partial charge is 0.253 e. The minimum atomic E-state index is -0.376. The highest BCUT2D eigenvalue weighted by Crippen LogP contribution is 2.27. The minimum Gasteiger partial charge on any atom is -0.342 e. The van der Waals surface area contributed by atoms with Crippen molar-refractivity contribution in [3.05, 3.63) is 39.6 Å². The van der Waals surface area contributed by atoms with Gasteiger partial charge in [-0.3, -0.25) is 9.59 Å². The zero-order valence-electron chi connectivity index (χ0n) is 19.3. The molecule has 0 bridgehead atoms. The Morgan fingerprint density at radius 1 is 1.15 bits per heavy atom. The number of carbonyl (C=O) groups is 2. The summed E-state index contributed by atoms with van der Waals surface area (Å²) in [6.07, 6.45) is 0. The first-order chi connectivity index (χ1) is 15.7. The number of nitrogens with zero attached hydrogens (tertiary/aromatic N) is 5. The molecule has 1 aromatic carbocycles. The highest BCUT2D eigenvalue weighted by atomic mass is 35.5. The SMILES string of the molecule is CCn1c(SCC(=O)N2CCN(C)CC2)nnc1[C@H](NC(=O)c1ccc(Cl)cc1Cl)C(C)C. The summed E-state index contributed by atoms with van der Waals surface area (Å²) in [6.45, 7) is 9.90. The molecule has 8 nitrogen and oxygen atoms in total. The van der Waals surface area contributed by atoms with Crippen molar-refractivity contribution in [2.45, 2.75) is 38.5 Å². The molecule has 2 aromatic rings. The molecule has 11 heteroatoms. The number of nitrogens with one attached hydrogen (secondary N) is 1. The lowest BCUT2D eigenvalue weighted by molar-refractivity contribution is -0.129. The van der Waals surface area contributed by atoms with Crippen LogP contribution in [0.1, 0.15) is 43.0 Å². The van der Waals surface area contributed by atoms with Crippen molar-refractivity contribution < 1.29 is 9.59 Å². The van der Waals surface area contributed by atoms with Gasteiger partial charge in [0.1, 0.15) is 0 Å². The molecular formula is C22H30Cl2N6O2S. The average Bonchev–Trinajstić information content (AvgIpc) is 3.18. The van der Waals surface area contributed by atoms with Crippen molar-refractivity contribution in [1.82, 2.24) is 29.9 Å². The molecule has 1 aromatic heterocycles. The van der Waals surface area contributed by atoms with E-state index in [1.807, 2.05) is 30.2 Å². The van der Waals surface area contributed by atoms with Gasteiger partial charge in [-0.2, -0.15) is 0 Å². The number of hydrogen-bond acceptors (Lipinski definition) is 6. The molecular weight excluding hydrogens is 483 g/mol. The maximum atomic E-state index is 12.9. The van der Waals surface area contributed by atoms with Crippen LogP contribution in [-0.2, 0) is 11.3 Å². The second kappa shape index (κ2) is 11.6. The lowest BCUT2D eigenvalue weighted by Crippen LogP contribution is -2.47. The summed E-state index contributed by atoms with van der Waals surface area (Å²) >= 11 is 13.6. The van der Waals surface area contributed by atoms with Gasteiger partial charge in [0.25, 0.3) is 5.91 Å². The van der Waals surface area contributed by atoms with Crippen molar-refractivity contribution in [1.29, 1.82) is 0 Å². The minimum absolute atomic E-state index is 0.0550. The fourth-order valence-electron chi connectivity index (χ4n) is 3.63. The van der Waals surface area contributed by atoms with Crippen LogP contribution in [0.25, 0.3) is 0 Å². The fourth-order valence-corrected chi connectivity index (χ4v) is 5.04. The number of likely N-dealkylation sites (N-methyl/N-ethyl adjacent to an activating group) is 1. The Hall–Kier alpha value is -1.81. The molecule has 1 aliphatic rings. The number of aromatic nitrogens is 3. The number of hydrogen-bond donors (Lipinski definition) is 1. The van der Waals surface area contributed by atoms with Crippen LogP contribution in [0.5, 0.6) is 0 Å². The molecule has 2 amide bonds. The number of carbonyl (C=O) groups excluding carboxylic acids is 2. The lowest BCUT2D eigenvalue weighted by Gasteiger charge is -2.32. The summed E-state index contributed by atoms with van der Waals surface area (Å²) in [6, 6.07) is 4.41. The highest BCUT2D eigenvalue weighted by Gasteiger charge is 2.27. The molecule has 2 heterocycles. The molecule has 0 spiro atoms. The molecule has 1 aliphatic heterocycles. The molecule has 1 N–H and O–H groups in total. The normalized spacial score (nSPS) is 15.7. The molecule has 1 atom stereocenters. The van der Waals surface area contributed by atoms with E-state index in [0.29, 0.717) is 33.9 Å². The van der Waals surface area contributed by atoms with Crippen LogP contribution < -0.4 is 5.32 Å². The third kappa shape index (κ3) is 6.41. The van der Waals surface area contributed by atoms with E-state index < -0.39 is 0 Å². The van der Waals surface area contributed by atoms with Gasteiger partial charge in [-0.05, 0) is 38.1 Å². The Bertz CT molecular complexity index is 991. The molecule has 180 valence electrons. The first-order valence-corrected chi connectivity index (χ1v) is 12.7. The van der Waals surface area contributed by atoms with Crippen molar-refractivity contribution >= 4 is 46.8 Å². The standard InChI is InChI=1S/C22H30Cl2N6O2S/c1-5-30-20(19(14(2)3)25-21(32)16-7-6-15(23)12-17(16)24)26-27-22(30)33-13-18(31)29-10-8-28(4)9-11-29/h6-7,12,14,19H,5,8-11,13H2,1-4H3,(H,25,32)/t19-/m1/s1. The molecule has 33 heavy (non-hydrogen) atoms. The largest absolute Gasteiger partial charge is 0.342 e. The molecule has 1 saturated heterocycles. The monoisotopic (exact) mass is 512 g/mol. The third-order valence-electron chi connectivity index (χ3n) is 5.65. The Balaban J connectivity index is 1.72. The van der Waals surface area contributed by atoms with E-state index in [4.69, 9.17) is 23.2 Å². The second-order valence-electron chi connectivity index (χ2n) is 8.38. The van der Waals surface area contributed by atoms with E-state index in [1.54, 1.807) is 18.2 Å². The zero-order chi connectivity index (χ0) is 24.1. The summed E-state index contributed by atoms with van der Waals surface area (Å²) in [5.74, 6) is 0.813. The van der Waals surface area contributed by atoms with Crippen LogP contribution in [0.2, 0.25) is 10.0 Å². The lowest BCUT2D eigenvalue weighted by atomic mass is 10.0. The van der Waals surface area contributed by atoms with Crippen LogP contribution in [0.4, 0.5) is 0 Å². The fraction of sp³-hybridized carbons (Fsp3) is 0.545. The van der Waals surface area contributed by atoms with E-state index in [1.165, 1.54) is 11.8 Å². The first-order valence-electron chi connectivity index (χ1n) is 11.0. The Morgan fingerprint density at radius 2 is 1.85 bits per heavy atom. The molecule has 3 rings (SSSR count). The van der Waals surface area contributed by atoms with E-state index in [-0.39, 0.29) is 28.8 Å². The van der Waals surface area contributed by atoms with Gasteiger partial charge in [-0.15, -0.1) is 10.2 Å². The van der Waals surface area contributed by atoms with Crippen LogP contribution >= 0.6 is 35.0 Å². The second-order valence-corrected chi connectivity index (χ2v) is 10.2. The van der Waals surface area contributed by atoms with Gasteiger partial charge >= 0.3 is 0 Å². The molecule has 1 fully saturated rings. The van der Waals surface area contributed by atoms with Gasteiger partial charge in [-0.1, -0.05) is 48.8 Å². The number of piperazine rings is 1. The van der Waals surface area contributed by atoms with E-state index in [9.17, 15) is 9.59 Å². The summed E-state index contributed by atoms with van der Waals surface area (Å²) in [5, 5.41) is 13.2. The van der Waals surface area contributed by atoms with Crippen molar-refractivity contribution in [2.75, 3.05) is 39.0 Å². The van der Waals surface area contributed by atoms with Gasteiger partial charge in [-0.25, -0.2) is 0 Å². The van der Waals surface area contributed by atoms with Crippen molar-refractivity contribution in [2.24, 2.45) is 5.92 Å². The van der Waals surface area contributed by atoms with Gasteiger partial charge in [0.2, 0.25) is 5.91 Å². The Labute approximate surface area is 209 Å². The zero-order valence-corrected chi connectivity index (χ0v) is 21.7. The van der Waals surface area contributed by atoms with E-state index in [0.717, 1.165) is 26.2 Å². The maximum Gasteiger partial charge on any atom is 0.253 e. The van der Waals surface area contributed by atoms with Crippen LogP contribution in [-0.4, -0.2) is 75.4 Å². The van der Waals surface area contributed by atoms with Crippen LogP contribution in [0.15, 0.2) is 23.4 Å². The molecule has 0 aliphatic carbocycles. The van der Waals surface area contributed by atoms with Crippen molar-refractivity contribution in [3.63, 3.8) is 0 Å². The van der Waals surface area contributed by atoms with Crippen LogP contribution in [0, 0.1) is 5.92 Å². The van der Waals surface area contributed by atoms with E-state index in [2.05, 4.69) is 27.5 Å². The molecule has 0 radical (unpaired) electrons. The molecule has 0 saturated carbocycles. The van der Waals surface area contributed by atoms with Crippen molar-refractivity contribution in [3.8, 4) is 0 Å². The summed E-state index contributed by atoms with van der Waals surface area (Å²) in [7, 11) is 2.06. The third-order valence-corrected chi connectivity index (χ3v) is 7.15. The van der Waals surface area contributed by atoms with Crippen LogP contribution in [0.3, 0.4) is 0 Å².